The summed E-state index contributed by atoms with van der Waals surface area (Å²) in [6.07, 6.45) is -0.711. The van der Waals surface area contributed by atoms with Gasteiger partial charge in [-0.15, -0.1) is 0 Å². The Morgan fingerprint density at radius 2 is 1.48 bits per heavy atom. The van der Waals surface area contributed by atoms with E-state index in [-0.39, 0.29) is 10.8 Å². The fourth-order valence-corrected chi connectivity index (χ4v) is 4.01. The van der Waals surface area contributed by atoms with Crippen molar-refractivity contribution in [3.8, 4) is 5.75 Å². The first-order valence-electron chi connectivity index (χ1n) is 9.88. The van der Waals surface area contributed by atoms with Crippen molar-refractivity contribution in [3.05, 3.63) is 83.4 Å². The normalized spacial score (nSPS) is 12.1. The molecule has 0 unspecified atom stereocenters. The first-order chi connectivity index (χ1) is 14.6. The van der Waals surface area contributed by atoms with E-state index in [1.165, 1.54) is 12.1 Å². The summed E-state index contributed by atoms with van der Waals surface area (Å²) in [5, 5.41) is 2.74. The molecule has 3 aromatic carbocycles. The van der Waals surface area contributed by atoms with Crippen LogP contribution in [0.4, 0.5) is 11.4 Å². The molecule has 0 aromatic heterocycles. The van der Waals surface area contributed by atoms with Crippen LogP contribution >= 0.6 is 0 Å². The number of carbonyl (C=O) groups is 1. The van der Waals surface area contributed by atoms with Crippen LogP contribution in [0.1, 0.15) is 23.6 Å². The third kappa shape index (κ3) is 5.86. The zero-order valence-corrected chi connectivity index (χ0v) is 18.8. The Kier molecular flexibility index (Phi) is 6.65. The van der Waals surface area contributed by atoms with Crippen LogP contribution in [0.15, 0.2) is 71.6 Å². The van der Waals surface area contributed by atoms with Gasteiger partial charge < -0.3 is 10.1 Å². The molecule has 0 saturated heterocycles. The fourth-order valence-electron chi connectivity index (χ4n) is 2.89. The quantitative estimate of drug-likeness (QED) is 0.554. The molecular formula is C24H26N2O4S. The highest BCUT2D eigenvalue weighted by Gasteiger charge is 2.17. The monoisotopic (exact) mass is 438 g/mol. The standard InChI is InChI=1S/C24H26N2O4S/c1-16-6-11-21(12-7-16)30-19(4)24(27)25-20-9-13-22(14-10-20)31(28,29)26-23-15-17(2)5-8-18(23)3/h5-15,19,26H,1-4H3,(H,25,27)/t19-/m0/s1. The van der Waals surface area contributed by atoms with Crippen LogP contribution in [-0.4, -0.2) is 20.4 Å². The Bertz CT molecular complexity index is 1170. The van der Waals surface area contributed by atoms with Crippen LogP contribution in [0, 0.1) is 20.8 Å². The molecule has 0 aliphatic rings. The highest BCUT2D eigenvalue weighted by Crippen LogP contribution is 2.22. The molecule has 0 fully saturated rings. The Balaban J connectivity index is 1.65. The first-order valence-corrected chi connectivity index (χ1v) is 11.4. The Hall–Kier alpha value is -3.32. The molecule has 1 atom stereocenters. The van der Waals surface area contributed by atoms with Gasteiger partial charge in [0.05, 0.1) is 10.6 Å². The lowest BCUT2D eigenvalue weighted by molar-refractivity contribution is -0.122. The van der Waals surface area contributed by atoms with Gasteiger partial charge in [-0.1, -0.05) is 29.8 Å². The summed E-state index contributed by atoms with van der Waals surface area (Å²) in [5.41, 5.74) is 3.92. The second kappa shape index (κ2) is 9.22. The number of hydrogen-bond donors (Lipinski definition) is 2. The second-order valence-corrected chi connectivity index (χ2v) is 9.19. The van der Waals surface area contributed by atoms with Crippen LogP contribution in [0.5, 0.6) is 5.75 Å². The summed E-state index contributed by atoms with van der Waals surface area (Å²) in [4.78, 5) is 12.5. The van der Waals surface area contributed by atoms with Gasteiger partial charge in [0.15, 0.2) is 6.10 Å². The maximum atomic E-state index is 12.7. The van der Waals surface area contributed by atoms with Gasteiger partial charge in [-0.2, -0.15) is 0 Å². The molecule has 0 spiro atoms. The van der Waals surface area contributed by atoms with Crippen LogP contribution in [-0.2, 0) is 14.8 Å². The van der Waals surface area contributed by atoms with E-state index in [0.29, 0.717) is 17.1 Å². The summed E-state index contributed by atoms with van der Waals surface area (Å²) >= 11 is 0. The lowest BCUT2D eigenvalue weighted by Gasteiger charge is -2.15. The molecule has 3 rings (SSSR count). The maximum Gasteiger partial charge on any atom is 0.265 e. The molecule has 6 nitrogen and oxygen atoms in total. The Morgan fingerprint density at radius 1 is 0.871 bits per heavy atom. The summed E-state index contributed by atoms with van der Waals surface area (Å²) in [5.74, 6) is 0.275. The maximum absolute atomic E-state index is 12.7. The topological polar surface area (TPSA) is 84.5 Å². The van der Waals surface area contributed by atoms with Crippen molar-refractivity contribution in [1.29, 1.82) is 0 Å². The largest absolute Gasteiger partial charge is 0.481 e. The van der Waals surface area contributed by atoms with Crippen molar-refractivity contribution >= 4 is 27.3 Å². The molecule has 2 N–H and O–H groups in total. The molecule has 1 amide bonds. The average Bonchev–Trinajstić information content (AvgIpc) is 2.72. The third-order valence-electron chi connectivity index (χ3n) is 4.77. The van der Waals surface area contributed by atoms with Crippen molar-refractivity contribution in [2.75, 3.05) is 10.0 Å². The van der Waals surface area contributed by atoms with Gasteiger partial charge in [0.2, 0.25) is 0 Å². The number of carbonyl (C=O) groups excluding carboxylic acids is 1. The van der Waals surface area contributed by atoms with Crippen LogP contribution in [0.25, 0.3) is 0 Å². The van der Waals surface area contributed by atoms with E-state index in [4.69, 9.17) is 4.74 Å². The van der Waals surface area contributed by atoms with Crippen LogP contribution in [0.2, 0.25) is 0 Å². The molecular weight excluding hydrogens is 412 g/mol. The molecule has 0 bridgehead atoms. The van der Waals surface area contributed by atoms with Gasteiger partial charge >= 0.3 is 0 Å². The van der Waals surface area contributed by atoms with E-state index in [9.17, 15) is 13.2 Å². The van der Waals surface area contributed by atoms with Crippen molar-refractivity contribution in [3.63, 3.8) is 0 Å². The Morgan fingerprint density at radius 3 is 2.13 bits per heavy atom. The molecule has 0 radical (unpaired) electrons. The molecule has 7 heteroatoms. The molecule has 0 saturated carbocycles. The predicted molar refractivity (Wildman–Crippen MR) is 123 cm³/mol. The van der Waals surface area contributed by atoms with E-state index in [2.05, 4.69) is 10.0 Å². The average molecular weight is 439 g/mol. The van der Waals surface area contributed by atoms with E-state index < -0.39 is 16.1 Å². The van der Waals surface area contributed by atoms with E-state index in [1.807, 2.05) is 57.2 Å². The summed E-state index contributed by atoms with van der Waals surface area (Å²) < 4.78 is 33.7. The van der Waals surface area contributed by atoms with Crippen molar-refractivity contribution in [2.45, 2.75) is 38.7 Å². The lowest BCUT2D eigenvalue weighted by atomic mass is 10.1. The zero-order chi connectivity index (χ0) is 22.6. The molecule has 0 aliphatic heterocycles. The zero-order valence-electron chi connectivity index (χ0n) is 18.0. The predicted octanol–water partition coefficient (Wildman–Crippen LogP) is 4.82. The van der Waals surface area contributed by atoms with Gasteiger partial charge in [-0.25, -0.2) is 8.42 Å². The van der Waals surface area contributed by atoms with E-state index in [1.54, 1.807) is 25.1 Å². The van der Waals surface area contributed by atoms with Crippen molar-refractivity contribution in [2.24, 2.45) is 0 Å². The lowest BCUT2D eigenvalue weighted by Crippen LogP contribution is -2.30. The minimum atomic E-state index is -3.75. The summed E-state index contributed by atoms with van der Waals surface area (Å²) in [6, 6.07) is 19.0. The van der Waals surface area contributed by atoms with Crippen LogP contribution in [0.3, 0.4) is 0 Å². The first kappa shape index (κ1) is 22.4. The number of amides is 1. The van der Waals surface area contributed by atoms with Gasteiger partial charge in [0.1, 0.15) is 5.75 Å². The molecule has 31 heavy (non-hydrogen) atoms. The molecule has 0 heterocycles. The number of benzene rings is 3. The van der Waals surface area contributed by atoms with Crippen LogP contribution < -0.4 is 14.8 Å². The highest BCUT2D eigenvalue weighted by atomic mass is 32.2. The number of anilines is 2. The molecule has 0 aliphatic carbocycles. The van der Waals surface area contributed by atoms with Gasteiger partial charge in [0.25, 0.3) is 15.9 Å². The van der Waals surface area contributed by atoms with Crippen molar-refractivity contribution < 1.29 is 17.9 Å². The molecule has 3 aromatic rings. The number of rotatable bonds is 7. The number of ether oxygens (including phenoxy) is 1. The number of sulfonamides is 1. The summed E-state index contributed by atoms with van der Waals surface area (Å²) in [6.45, 7) is 7.37. The second-order valence-electron chi connectivity index (χ2n) is 7.51. The highest BCUT2D eigenvalue weighted by molar-refractivity contribution is 7.92. The Labute approximate surface area is 183 Å². The van der Waals surface area contributed by atoms with E-state index in [0.717, 1.165) is 16.7 Å². The minimum Gasteiger partial charge on any atom is -0.481 e. The van der Waals surface area contributed by atoms with E-state index >= 15 is 0 Å². The minimum absolute atomic E-state index is 0.107. The van der Waals surface area contributed by atoms with Crippen molar-refractivity contribution in [1.82, 2.24) is 0 Å². The third-order valence-corrected chi connectivity index (χ3v) is 6.15. The van der Waals surface area contributed by atoms with Gasteiger partial charge in [-0.05, 0) is 81.3 Å². The number of nitrogens with one attached hydrogen (secondary N) is 2. The SMILES string of the molecule is Cc1ccc(O[C@@H](C)C(=O)Nc2ccc(S(=O)(=O)Nc3cc(C)ccc3C)cc2)cc1. The fraction of sp³-hybridized carbons (Fsp3) is 0.208. The smallest absolute Gasteiger partial charge is 0.265 e. The number of hydrogen-bond acceptors (Lipinski definition) is 4. The van der Waals surface area contributed by atoms with Gasteiger partial charge in [-0.3, -0.25) is 9.52 Å². The molecule has 162 valence electrons. The van der Waals surface area contributed by atoms with Gasteiger partial charge in [0, 0.05) is 5.69 Å². The summed E-state index contributed by atoms with van der Waals surface area (Å²) in [7, 11) is -3.75. The number of aryl methyl sites for hydroxylation is 3.